The molecule has 6 nitrogen and oxygen atoms in total. The lowest BCUT2D eigenvalue weighted by atomic mass is 10.1. The molecular formula is C20H23ClN4O2S. The summed E-state index contributed by atoms with van der Waals surface area (Å²) in [4.78, 5) is 28.3. The number of rotatable bonds is 6. The second-order valence-electron chi connectivity index (χ2n) is 6.64. The highest BCUT2D eigenvalue weighted by Gasteiger charge is 2.18. The SMILES string of the molecule is CC(C)[C@H](N)C(=O)NCC(=O)Nc1nc(-c2ccc3ccccc3c2)cs1.Cl. The standard InChI is InChI=1S/C20H22N4O2S.ClH/c1-12(2)18(21)19(26)22-10-17(25)24-20-23-16(11-27-20)15-8-7-13-5-3-4-6-14(13)9-15;/h3-9,11-12,18H,10,21H2,1-2H3,(H,22,26)(H,23,24,25);1H/t18-;/m0./s1. The van der Waals surface area contributed by atoms with E-state index in [4.69, 9.17) is 5.73 Å². The van der Waals surface area contributed by atoms with Crippen molar-refractivity contribution in [3.8, 4) is 11.3 Å². The van der Waals surface area contributed by atoms with Crippen molar-refractivity contribution >= 4 is 51.5 Å². The van der Waals surface area contributed by atoms with Gasteiger partial charge in [0.1, 0.15) is 0 Å². The minimum Gasteiger partial charge on any atom is -0.346 e. The molecule has 2 aromatic carbocycles. The lowest BCUT2D eigenvalue weighted by molar-refractivity contribution is -0.125. The molecule has 0 aliphatic rings. The van der Waals surface area contributed by atoms with Crippen LogP contribution in [0.25, 0.3) is 22.0 Å². The van der Waals surface area contributed by atoms with Crippen LogP contribution in [-0.4, -0.2) is 29.4 Å². The van der Waals surface area contributed by atoms with E-state index in [0.29, 0.717) is 5.13 Å². The van der Waals surface area contributed by atoms with Gasteiger partial charge in [-0.1, -0.05) is 50.2 Å². The van der Waals surface area contributed by atoms with Crippen LogP contribution in [0, 0.1) is 5.92 Å². The first kappa shape index (κ1) is 21.8. The minimum atomic E-state index is -0.628. The second kappa shape index (κ2) is 9.64. The lowest BCUT2D eigenvalue weighted by Gasteiger charge is -2.14. The molecule has 28 heavy (non-hydrogen) atoms. The molecule has 0 radical (unpaired) electrons. The maximum atomic E-state index is 12.0. The van der Waals surface area contributed by atoms with E-state index in [1.165, 1.54) is 16.7 Å². The van der Waals surface area contributed by atoms with Gasteiger partial charge in [-0.25, -0.2) is 4.98 Å². The monoisotopic (exact) mass is 418 g/mol. The second-order valence-corrected chi connectivity index (χ2v) is 7.49. The third kappa shape index (κ3) is 5.28. The van der Waals surface area contributed by atoms with Crippen LogP contribution in [0.2, 0.25) is 0 Å². The number of hydrogen-bond acceptors (Lipinski definition) is 5. The molecule has 3 aromatic rings. The molecular weight excluding hydrogens is 396 g/mol. The van der Waals surface area contributed by atoms with E-state index in [1.807, 2.05) is 37.4 Å². The molecule has 0 aliphatic carbocycles. The van der Waals surface area contributed by atoms with Crippen LogP contribution in [-0.2, 0) is 9.59 Å². The molecule has 3 rings (SSSR count). The summed E-state index contributed by atoms with van der Waals surface area (Å²) in [7, 11) is 0. The Kier molecular flexibility index (Phi) is 7.51. The number of nitrogens with one attached hydrogen (secondary N) is 2. The molecule has 2 amide bonds. The number of anilines is 1. The largest absolute Gasteiger partial charge is 0.346 e. The average molecular weight is 419 g/mol. The number of thiazole rings is 1. The molecule has 1 atom stereocenters. The van der Waals surface area contributed by atoms with Crippen LogP contribution in [0.3, 0.4) is 0 Å². The predicted octanol–water partition coefficient (Wildman–Crippen LogP) is 3.42. The summed E-state index contributed by atoms with van der Waals surface area (Å²) >= 11 is 1.34. The third-order valence-electron chi connectivity index (χ3n) is 4.24. The molecule has 0 saturated carbocycles. The van der Waals surface area contributed by atoms with Crippen LogP contribution in [0.5, 0.6) is 0 Å². The minimum absolute atomic E-state index is 0. The predicted molar refractivity (Wildman–Crippen MR) is 117 cm³/mol. The first-order valence-electron chi connectivity index (χ1n) is 8.72. The first-order valence-corrected chi connectivity index (χ1v) is 9.60. The van der Waals surface area contributed by atoms with Gasteiger partial charge in [0.15, 0.2) is 5.13 Å². The number of amides is 2. The zero-order chi connectivity index (χ0) is 19.4. The Labute approximate surface area is 174 Å². The van der Waals surface area contributed by atoms with E-state index in [2.05, 4.69) is 39.9 Å². The fraction of sp³-hybridized carbons (Fsp3) is 0.250. The van der Waals surface area contributed by atoms with E-state index in [9.17, 15) is 9.59 Å². The lowest BCUT2D eigenvalue weighted by Crippen LogP contribution is -2.46. The molecule has 4 N–H and O–H groups in total. The number of hydrogen-bond donors (Lipinski definition) is 3. The Morgan fingerprint density at radius 2 is 1.86 bits per heavy atom. The van der Waals surface area contributed by atoms with Crippen LogP contribution >= 0.6 is 23.7 Å². The highest BCUT2D eigenvalue weighted by Crippen LogP contribution is 2.27. The van der Waals surface area contributed by atoms with E-state index >= 15 is 0 Å². The Balaban J connectivity index is 0.00000280. The van der Waals surface area contributed by atoms with Crippen molar-refractivity contribution in [3.63, 3.8) is 0 Å². The van der Waals surface area contributed by atoms with Gasteiger partial charge in [-0.2, -0.15) is 0 Å². The summed E-state index contributed by atoms with van der Waals surface area (Å²) in [6.07, 6.45) is 0. The van der Waals surface area contributed by atoms with Gasteiger partial charge in [0, 0.05) is 10.9 Å². The zero-order valence-corrected chi connectivity index (χ0v) is 17.3. The van der Waals surface area contributed by atoms with Crippen molar-refractivity contribution < 1.29 is 9.59 Å². The number of benzene rings is 2. The number of nitrogens with two attached hydrogens (primary N) is 1. The first-order chi connectivity index (χ1) is 12.9. The van der Waals surface area contributed by atoms with E-state index in [1.54, 1.807) is 0 Å². The molecule has 0 bridgehead atoms. The summed E-state index contributed by atoms with van der Waals surface area (Å²) in [6, 6.07) is 13.6. The van der Waals surface area contributed by atoms with Gasteiger partial charge in [-0.3, -0.25) is 9.59 Å². The van der Waals surface area contributed by atoms with Crippen molar-refractivity contribution in [2.75, 3.05) is 11.9 Å². The highest BCUT2D eigenvalue weighted by molar-refractivity contribution is 7.14. The molecule has 0 spiro atoms. The zero-order valence-electron chi connectivity index (χ0n) is 15.6. The van der Waals surface area contributed by atoms with Gasteiger partial charge in [0.2, 0.25) is 11.8 Å². The summed E-state index contributed by atoms with van der Waals surface area (Å²) in [6.45, 7) is 3.58. The van der Waals surface area contributed by atoms with Crippen LogP contribution < -0.4 is 16.4 Å². The van der Waals surface area contributed by atoms with Crippen LogP contribution in [0.4, 0.5) is 5.13 Å². The summed E-state index contributed by atoms with van der Waals surface area (Å²) in [5.41, 5.74) is 7.54. The summed E-state index contributed by atoms with van der Waals surface area (Å²) in [5.74, 6) is -0.661. The Bertz CT molecular complexity index is 974. The number of carbonyl (C=O) groups excluding carboxylic acids is 2. The van der Waals surface area contributed by atoms with Gasteiger partial charge >= 0.3 is 0 Å². The normalized spacial score (nSPS) is 11.7. The Morgan fingerprint density at radius 3 is 2.57 bits per heavy atom. The van der Waals surface area contributed by atoms with Crippen molar-refractivity contribution in [1.82, 2.24) is 10.3 Å². The Hall–Kier alpha value is -2.48. The number of aromatic nitrogens is 1. The summed E-state index contributed by atoms with van der Waals surface area (Å²) in [5, 5.41) is 9.94. The highest BCUT2D eigenvalue weighted by atomic mass is 35.5. The molecule has 0 saturated heterocycles. The maximum Gasteiger partial charge on any atom is 0.245 e. The maximum absolute atomic E-state index is 12.0. The van der Waals surface area contributed by atoms with Crippen LogP contribution in [0.15, 0.2) is 47.8 Å². The number of halogens is 1. The molecule has 8 heteroatoms. The molecule has 1 heterocycles. The fourth-order valence-corrected chi connectivity index (χ4v) is 3.30. The van der Waals surface area contributed by atoms with Crippen LogP contribution in [0.1, 0.15) is 13.8 Å². The molecule has 0 fully saturated rings. The van der Waals surface area contributed by atoms with Crippen molar-refractivity contribution in [2.24, 2.45) is 11.7 Å². The van der Waals surface area contributed by atoms with Gasteiger partial charge in [0.05, 0.1) is 18.3 Å². The van der Waals surface area contributed by atoms with E-state index in [-0.39, 0.29) is 36.7 Å². The van der Waals surface area contributed by atoms with Gasteiger partial charge < -0.3 is 16.4 Å². The number of fused-ring (bicyclic) bond motifs is 1. The number of carbonyl (C=O) groups is 2. The third-order valence-corrected chi connectivity index (χ3v) is 5.00. The smallest absolute Gasteiger partial charge is 0.245 e. The fourth-order valence-electron chi connectivity index (χ4n) is 2.56. The average Bonchev–Trinajstić information content (AvgIpc) is 3.13. The Morgan fingerprint density at radius 1 is 1.14 bits per heavy atom. The number of nitrogens with zero attached hydrogens (tertiary/aromatic N) is 1. The van der Waals surface area contributed by atoms with Gasteiger partial charge in [-0.15, -0.1) is 23.7 Å². The van der Waals surface area contributed by atoms with E-state index < -0.39 is 6.04 Å². The molecule has 0 unspecified atom stereocenters. The van der Waals surface area contributed by atoms with Crippen molar-refractivity contribution in [1.29, 1.82) is 0 Å². The molecule has 148 valence electrons. The van der Waals surface area contributed by atoms with Crippen molar-refractivity contribution in [2.45, 2.75) is 19.9 Å². The topological polar surface area (TPSA) is 97.1 Å². The molecule has 1 aromatic heterocycles. The molecule has 0 aliphatic heterocycles. The van der Waals surface area contributed by atoms with E-state index in [0.717, 1.165) is 16.6 Å². The summed E-state index contributed by atoms with van der Waals surface area (Å²) < 4.78 is 0. The van der Waals surface area contributed by atoms with Gasteiger partial charge in [0.25, 0.3) is 0 Å². The van der Waals surface area contributed by atoms with Crippen molar-refractivity contribution in [3.05, 3.63) is 47.8 Å². The van der Waals surface area contributed by atoms with Gasteiger partial charge in [-0.05, 0) is 22.8 Å². The quantitative estimate of drug-likeness (QED) is 0.571.